The number of esters is 1. The molecule has 2 aliphatic rings. The van der Waals surface area contributed by atoms with Crippen LogP contribution in [0.5, 0.6) is 0 Å². The van der Waals surface area contributed by atoms with E-state index < -0.39 is 24.2 Å². The summed E-state index contributed by atoms with van der Waals surface area (Å²) in [6.07, 6.45) is 0.683. The average molecular weight is 312 g/mol. The smallest absolute Gasteiger partial charge is 0.356 e. The number of ether oxygens (including phenoxy) is 2. The van der Waals surface area contributed by atoms with E-state index in [0.717, 1.165) is 12.8 Å². The van der Waals surface area contributed by atoms with Crippen molar-refractivity contribution in [1.82, 2.24) is 5.32 Å². The van der Waals surface area contributed by atoms with Gasteiger partial charge in [0.15, 0.2) is 6.23 Å². The standard InChI is InChI=1S/C13H20N4O5/c1-2-21-13(20)9(15)8(14)10(16-6-3-4-6)11(19)17-12-7(5-18)22-12/h6-7,12,18H,2-5,14-15H2,1H3,(H,17,19). The first kappa shape index (κ1) is 16.2. The molecule has 0 aromatic carbocycles. The molecule has 0 aromatic rings. The average Bonchev–Trinajstić information content (AvgIpc) is 3.39. The number of rotatable bonds is 7. The van der Waals surface area contributed by atoms with Gasteiger partial charge in [-0.05, 0) is 19.8 Å². The van der Waals surface area contributed by atoms with Crippen molar-refractivity contribution in [3.8, 4) is 0 Å². The van der Waals surface area contributed by atoms with Gasteiger partial charge in [-0.25, -0.2) is 4.79 Å². The molecule has 1 amide bonds. The van der Waals surface area contributed by atoms with Gasteiger partial charge < -0.3 is 31.4 Å². The molecule has 2 fully saturated rings. The number of nitrogens with one attached hydrogen (secondary N) is 1. The first-order valence-corrected chi connectivity index (χ1v) is 7.05. The highest BCUT2D eigenvalue weighted by Gasteiger charge is 2.40. The Balaban J connectivity index is 2.13. The molecule has 9 nitrogen and oxygen atoms in total. The molecule has 0 aromatic heterocycles. The van der Waals surface area contributed by atoms with Crippen LogP contribution in [-0.4, -0.2) is 54.3 Å². The van der Waals surface area contributed by atoms with Crippen molar-refractivity contribution in [2.24, 2.45) is 16.5 Å². The lowest BCUT2D eigenvalue weighted by Gasteiger charge is -2.10. The van der Waals surface area contributed by atoms with E-state index in [0.29, 0.717) is 0 Å². The molecule has 1 saturated heterocycles. The molecule has 2 atom stereocenters. The van der Waals surface area contributed by atoms with Gasteiger partial charge in [0, 0.05) is 0 Å². The Morgan fingerprint density at radius 3 is 2.55 bits per heavy atom. The third kappa shape index (κ3) is 3.95. The molecule has 1 heterocycles. The van der Waals surface area contributed by atoms with Crippen LogP contribution >= 0.6 is 0 Å². The van der Waals surface area contributed by atoms with Crippen LogP contribution in [0.25, 0.3) is 0 Å². The number of aliphatic imine (C=N–C) groups is 1. The van der Waals surface area contributed by atoms with Crippen LogP contribution in [0.2, 0.25) is 0 Å². The van der Waals surface area contributed by atoms with E-state index in [4.69, 9.17) is 26.0 Å². The van der Waals surface area contributed by atoms with Gasteiger partial charge in [0.1, 0.15) is 17.5 Å². The highest BCUT2D eigenvalue weighted by Crippen LogP contribution is 2.25. The molecule has 1 saturated carbocycles. The number of nitrogens with two attached hydrogens (primary N) is 2. The molecule has 2 unspecified atom stereocenters. The van der Waals surface area contributed by atoms with E-state index in [2.05, 4.69) is 10.3 Å². The van der Waals surface area contributed by atoms with Gasteiger partial charge in [-0.3, -0.25) is 9.79 Å². The minimum Gasteiger partial charge on any atom is -0.461 e. The predicted molar refractivity (Wildman–Crippen MR) is 76.4 cm³/mol. The summed E-state index contributed by atoms with van der Waals surface area (Å²) in [6, 6.07) is 0.00283. The summed E-state index contributed by atoms with van der Waals surface area (Å²) in [7, 11) is 0. The Hall–Kier alpha value is -2.13. The molecule has 1 aliphatic carbocycles. The van der Waals surface area contributed by atoms with Crippen LogP contribution in [0.3, 0.4) is 0 Å². The lowest BCUT2D eigenvalue weighted by Crippen LogP contribution is -2.39. The Morgan fingerprint density at radius 2 is 2.05 bits per heavy atom. The molecule has 0 spiro atoms. The van der Waals surface area contributed by atoms with Crippen molar-refractivity contribution in [2.45, 2.75) is 38.1 Å². The van der Waals surface area contributed by atoms with Crippen molar-refractivity contribution >= 4 is 17.6 Å². The van der Waals surface area contributed by atoms with Crippen LogP contribution in [0.1, 0.15) is 19.8 Å². The molecule has 2 rings (SSSR count). The maximum absolute atomic E-state index is 12.2. The normalized spacial score (nSPS) is 25.3. The molecule has 22 heavy (non-hydrogen) atoms. The zero-order chi connectivity index (χ0) is 16.3. The number of amides is 1. The Kier molecular flexibility index (Phi) is 4.99. The monoisotopic (exact) mass is 312 g/mol. The van der Waals surface area contributed by atoms with Gasteiger partial charge in [0.05, 0.1) is 25.0 Å². The summed E-state index contributed by atoms with van der Waals surface area (Å²) in [5.41, 5.74) is 10.8. The number of aliphatic hydroxyl groups excluding tert-OH is 1. The molecule has 1 aliphatic heterocycles. The fourth-order valence-corrected chi connectivity index (χ4v) is 1.69. The van der Waals surface area contributed by atoms with E-state index in [-0.39, 0.29) is 36.4 Å². The van der Waals surface area contributed by atoms with Crippen molar-refractivity contribution in [3.05, 3.63) is 11.4 Å². The van der Waals surface area contributed by atoms with E-state index in [1.807, 2.05) is 0 Å². The lowest BCUT2D eigenvalue weighted by molar-refractivity contribution is -0.138. The third-order valence-electron chi connectivity index (χ3n) is 3.15. The van der Waals surface area contributed by atoms with Gasteiger partial charge in [0.2, 0.25) is 0 Å². The van der Waals surface area contributed by atoms with Gasteiger partial charge in [0.25, 0.3) is 5.91 Å². The van der Waals surface area contributed by atoms with Gasteiger partial charge in [-0.2, -0.15) is 0 Å². The number of nitrogens with zero attached hydrogens (tertiary/aromatic N) is 1. The SMILES string of the molecule is CCOC(=O)C(N)=C(N)C(=NC1CC1)C(=O)NC1OC1CO. The molecule has 0 bridgehead atoms. The quantitative estimate of drug-likeness (QED) is 0.186. The van der Waals surface area contributed by atoms with Crippen molar-refractivity contribution < 1.29 is 24.2 Å². The highest BCUT2D eigenvalue weighted by atomic mass is 16.6. The Bertz CT molecular complexity index is 527. The first-order valence-electron chi connectivity index (χ1n) is 7.05. The second-order valence-electron chi connectivity index (χ2n) is 5.01. The summed E-state index contributed by atoms with van der Waals surface area (Å²) in [4.78, 5) is 28.0. The topological polar surface area (TPSA) is 153 Å². The maximum atomic E-state index is 12.2. The highest BCUT2D eigenvalue weighted by molar-refractivity contribution is 6.45. The van der Waals surface area contributed by atoms with Crippen LogP contribution in [0.4, 0.5) is 0 Å². The zero-order valence-electron chi connectivity index (χ0n) is 12.2. The number of hydrogen-bond donors (Lipinski definition) is 4. The largest absolute Gasteiger partial charge is 0.461 e. The minimum absolute atomic E-state index is 0.00283. The summed E-state index contributed by atoms with van der Waals surface area (Å²) in [5, 5.41) is 11.4. The summed E-state index contributed by atoms with van der Waals surface area (Å²) in [5.74, 6) is -1.40. The second kappa shape index (κ2) is 6.75. The Labute approximate surface area is 127 Å². The first-order chi connectivity index (χ1) is 10.5. The summed E-state index contributed by atoms with van der Waals surface area (Å²) >= 11 is 0. The summed E-state index contributed by atoms with van der Waals surface area (Å²) in [6.45, 7) is 1.57. The molecular weight excluding hydrogens is 292 g/mol. The minimum atomic E-state index is -0.799. The van der Waals surface area contributed by atoms with E-state index in [1.165, 1.54) is 0 Å². The fraction of sp³-hybridized carbons (Fsp3) is 0.615. The van der Waals surface area contributed by atoms with E-state index in [9.17, 15) is 9.59 Å². The Morgan fingerprint density at radius 1 is 1.36 bits per heavy atom. The molecule has 9 heteroatoms. The van der Waals surface area contributed by atoms with Gasteiger partial charge in [-0.1, -0.05) is 0 Å². The molecule has 6 N–H and O–H groups in total. The number of hydrogen-bond acceptors (Lipinski definition) is 8. The summed E-state index contributed by atoms with van der Waals surface area (Å²) < 4.78 is 9.77. The van der Waals surface area contributed by atoms with E-state index >= 15 is 0 Å². The number of carbonyl (C=O) groups is 2. The van der Waals surface area contributed by atoms with Gasteiger partial charge >= 0.3 is 5.97 Å². The third-order valence-corrected chi connectivity index (χ3v) is 3.15. The second-order valence-corrected chi connectivity index (χ2v) is 5.01. The lowest BCUT2D eigenvalue weighted by atomic mass is 10.2. The zero-order valence-corrected chi connectivity index (χ0v) is 12.2. The number of carbonyl (C=O) groups excluding carboxylic acids is 2. The van der Waals surface area contributed by atoms with Crippen molar-refractivity contribution in [1.29, 1.82) is 0 Å². The van der Waals surface area contributed by atoms with Crippen LogP contribution < -0.4 is 16.8 Å². The van der Waals surface area contributed by atoms with Crippen molar-refractivity contribution in [3.63, 3.8) is 0 Å². The fourth-order valence-electron chi connectivity index (χ4n) is 1.69. The van der Waals surface area contributed by atoms with Crippen LogP contribution in [0.15, 0.2) is 16.4 Å². The van der Waals surface area contributed by atoms with Crippen LogP contribution in [-0.2, 0) is 19.1 Å². The molecular formula is C13H20N4O5. The van der Waals surface area contributed by atoms with Gasteiger partial charge in [-0.15, -0.1) is 0 Å². The van der Waals surface area contributed by atoms with E-state index in [1.54, 1.807) is 6.92 Å². The van der Waals surface area contributed by atoms with Crippen LogP contribution in [0, 0.1) is 0 Å². The maximum Gasteiger partial charge on any atom is 0.356 e. The molecule has 0 radical (unpaired) electrons. The number of epoxide rings is 1. The molecule has 122 valence electrons. The number of aliphatic hydroxyl groups is 1. The predicted octanol–water partition coefficient (Wildman–Crippen LogP) is -1.88. The van der Waals surface area contributed by atoms with Crippen molar-refractivity contribution in [2.75, 3.05) is 13.2 Å².